The number of esters is 2. The van der Waals surface area contributed by atoms with E-state index in [4.69, 9.17) is 9.47 Å². The first-order valence-electron chi connectivity index (χ1n) is 11.7. The van der Waals surface area contributed by atoms with Crippen LogP contribution in [0, 0.1) is 11.8 Å². The number of carbonyl (C=O) groups excluding carboxylic acids is 2. The summed E-state index contributed by atoms with van der Waals surface area (Å²) in [5, 5.41) is 8.76. The Kier molecular flexibility index (Phi) is 14.1. The molecule has 0 saturated carbocycles. The lowest BCUT2D eigenvalue weighted by atomic mass is 10.00. The van der Waals surface area contributed by atoms with Crippen LogP contribution in [0.1, 0.15) is 105 Å². The highest BCUT2D eigenvalue weighted by Gasteiger charge is 2.09. The lowest BCUT2D eigenvalue weighted by Gasteiger charge is -2.12. The zero-order valence-electron chi connectivity index (χ0n) is 19.6. The fourth-order valence-electron chi connectivity index (χ4n) is 3.40. The van der Waals surface area contributed by atoms with Crippen molar-refractivity contribution in [2.75, 3.05) is 13.2 Å². The predicted octanol–water partition coefficient (Wildman–Crippen LogP) is 5.88. The molecular weight excluding hydrogens is 380 g/mol. The summed E-state index contributed by atoms with van der Waals surface area (Å²) in [5.41, 5.74) is 2.13. The van der Waals surface area contributed by atoms with Crippen molar-refractivity contribution < 1.29 is 19.1 Å². The molecule has 2 atom stereocenters. The number of hydrogen-bond donors (Lipinski definition) is 0. The van der Waals surface area contributed by atoms with Crippen LogP contribution in [-0.2, 0) is 19.1 Å². The predicted molar refractivity (Wildman–Crippen MR) is 122 cm³/mol. The van der Waals surface area contributed by atoms with Crippen LogP contribution in [0.4, 0.5) is 0 Å². The molecule has 0 N–H and O–H groups in total. The van der Waals surface area contributed by atoms with Gasteiger partial charge in [-0.25, -0.2) is 0 Å². The van der Waals surface area contributed by atoms with Crippen LogP contribution in [0.5, 0.6) is 0 Å². The second-order valence-corrected chi connectivity index (χ2v) is 8.89. The van der Waals surface area contributed by atoms with Crippen molar-refractivity contribution in [1.29, 1.82) is 0 Å². The van der Waals surface area contributed by atoms with Crippen molar-refractivity contribution in [2.24, 2.45) is 22.0 Å². The van der Waals surface area contributed by atoms with E-state index in [0.717, 1.165) is 62.8 Å². The molecule has 30 heavy (non-hydrogen) atoms. The number of nitrogens with zero attached hydrogens (tertiary/aromatic N) is 2. The first-order valence-corrected chi connectivity index (χ1v) is 11.7. The maximum absolute atomic E-state index is 11.8. The smallest absolute Gasteiger partial charge is 0.305 e. The van der Waals surface area contributed by atoms with Gasteiger partial charge in [0.15, 0.2) is 0 Å². The fraction of sp³-hybridized carbons (Fsp3) is 0.833. The molecule has 0 fully saturated rings. The molecule has 1 aliphatic heterocycles. The van der Waals surface area contributed by atoms with Crippen molar-refractivity contribution in [3.63, 3.8) is 0 Å². The van der Waals surface area contributed by atoms with E-state index < -0.39 is 0 Å². The Balaban J connectivity index is 2.52. The minimum atomic E-state index is -0.171. The summed E-state index contributed by atoms with van der Waals surface area (Å²) >= 11 is 0. The molecule has 1 aliphatic rings. The topological polar surface area (TPSA) is 77.3 Å². The van der Waals surface area contributed by atoms with Gasteiger partial charge in [0, 0.05) is 24.3 Å². The van der Waals surface area contributed by atoms with Crippen molar-refractivity contribution >= 4 is 23.4 Å². The summed E-state index contributed by atoms with van der Waals surface area (Å²) in [6.45, 7) is 9.40. The third kappa shape index (κ3) is 14.3. The van der Waals surface area contributed by atoms with E-state index in [2.05, 4.69) is 24.1 Å². The molecule has 0 bridgehead atoms. The Hall–Kier alpha value is -1.72. The molecule has 0 radical (unpaired) electrons. The van der Waals surface area contributed by atoms with Crippen LogP contribution < -0.4 is 0 Å². The van der Waals surface area contributed by atoms with Crippen LogP contribution in [0.25, 0.3) is 0 Å². The summed E-state index contributed by atoms with van der Waals surface area (Å²) in [7, 11) is 0. The van der Waals surface area contributed by atoms with Crippen molar-refractivity contribution in [3.05, 3.63) is 0 Å². The molecule has 1 heterocycles. The third-order valence-electron chi connectivity index (χ3n) is 5.62. The number of carbonyl (C=O) groups is 2. The van der Waals surface area contributed by atoms with Crippen molar-refractivity contribution in [3.8, 4) is 0 Å². The van der Waals surface area contributed by atoms with Gasteiger partial charge in [-0.1, -0.05) is 26.7 Å². The molecule has 1 rings (SSSR count). The van der Waals surface area contributed by atoms with Crippen LogP contribution in [0.2, 0.25) is 0 Å². The van der Waals surface area contributed by atoms with Gasteiger partial charge >= 0.3 is 11.9 Å². The van der Waals surface area contributed by atoms with Crippen LogP contribution >= 0.6 is 0 Å². The Morgan fingerprint density at radius 1 is 0.633 bits per heavy atom. The Morgan fingerprint density at radius 2 is 1.03 bits per heavy atom. The lowest BCUT2D eigenvalue weighted by molar-refractivity contribution is -0.146. The maximum Gasteiger partial charge on any atom is 0.305 e. The van der Waals surface area contributed by atoms with E-state index in [0.29, 0.717) is 50.7 Å². The summed E-state index contributed by atoms with van der Waals surface area (Å²) in [6, 6.07) is 0. The van der Waals surface area contributed by atoms with Gasteiger partial charge in [0.1, 0.15) is 0 Å². The van der Waals surface area contributed by atoms with E-state index in [9.17, 15) is 9.59 Å². The molecule has 0 aromatic heterocycles. The first kappa shape index (κ1) is 26.3. The molecule has 0 aliphatic carbocycles. The first-order chi connectivity index (χ1) is 14.4. The molecule has 6 nitrogen and oxygen atoms in total. The Bertz CT molecular complexity index is 522. The van der Waals surface area contributed by atoms with Gasteiger partial charge in [-0.3, -0.25) is 9.59 Å². The summed E-state index contributed by atoms with van der Waals surface area (Å²) in [6.07, 6.45) is 10.1. The van der Waals surface area contributed by atoms with Gasteiger partial charge in [-0.15, -0.1) is 0 Å². The average molecular weight is 423 g/mol. The molecular formula is C24H42N2O4. The highest BCUT2D eigenvalue weighted by molar-refractivity contribution is 5.85. The average Bonchev–Trinajstić information content (AvgIpc) is 2.69. The maximum atomic E-state index is 11.8. The van der Waals surface area contributed by atoms with Crippen molar-refractivity contribution in [2.45, 2.75) is 105 Å². The molecule has 0 amide bonds. The van der Waals surface area contributed by atoms with Crippen LogP contribution in [0.15, 0.2) is 10.2 Å². The van der Waals surface area contributed by atoms with Crippen LogP contribution in [0.3, 0.4) is 0 Å². The highest BCUT2D eigenvalue weighted by Crippen LogP contribution is 2.15. The monoisotopic (exact) mass is 422 g/mol. The Labute approximate surface area is 182 Å². The zero-order chi connectivity index (χ0) is 22.2. The van der Waals surface area contributed by atoms with E-state index in [1.165, 1.54) is 0 Å². The van der Waals surface area contributed by atoms with E-state index >= 15 is 0 Å². The standard InChI is InChI=1S/C24H42N2O4/c1-19-9-7-11-21(3)25-26-22(4)12-8-10-20(2)16-18-30-24(28)14-6-5-13-23(27)29-17-15-19/h19-20H,5-18H2,1-4H3/b25-21-,26-22-. The quantitative estimate of drug-likeness (QED) is 0.457. The van der Waals surface area contributed by atoms with Crippen LogP contribution in [-0.4, -0.2) is 36.6 Å². The number of ether oxygens (including phenoxy) is 2. The van der Waals surface area contributed by atoms with Gasteiger partial charge in [-0.2, -0.15) is 10.2 Å². The summed E-state index contributed by atoms with van der Waals surface area (Å²) in [4.78, 5) is 23.6. The zero-order valence-corrected chi connectivity index (χ0v) is 19.6. The molecule has 0 spiro atoms. The second-order valence-electron chi connectivity index (χ2n) is 8.89. The molecule has 0 aromatic carbocycles. The second kappa shape index (κ2) is 16.0. The van der Waals surface area contributed by atoms with Gasteiger partial charge in [-0.05, 0) is 77.0 Å². The minimum Gasteiger partial charge on any atom is -0.466 e. The van der Waals surface area contributed by atoms with E-state index in [1.54, 1.807) is 0 Å². The SMILES string of the molecule is C/C1=N/N=C(/C)CCCC(C)CCOC(=O)CCCCC(=O)OCCC(C)CCC1. The minimum absolute atomic E-state index is 0.171. The number of cyclic esters (lactones) is 2. The van der Waals surface area contributed by atoms with E-state index in [-0.39, 0.29) is 11.9 Å². The fourth-order valence-corrected chi connectivity index (χ4v) is 3.40. The normalized spacial score (nSPS) is 29.3. The molecule has 2 unspecified atom stereocenters. The highest BCUT2D eigenvalue weighted by atomic mass is 16.5. The molecule has 0 aromatic rings. The van der Waals surface area contributed by atoms with Gasteiger partial charge in [0.05, 0.1) is 13.2 Å². The molecule has 172 valence electrons. The van der Waals surface area contributed by atoms with E-state index in [1.807, 2.05) is 13.8 Å². The largest absolute Gasteiger partial charge is 0.466 e. The number of rotatable bonds is 0. The molecule has 0 saturated heterocycles. The Morgan fingerprint density at radius 3 is 1.43 bits per heavy atom. The van der Waals surface area contributed by atoms with Gasteiger partial charge in [0.2, 0.25) is 0 Å². The molecule has 6 heteroatoms. The number of hydrogen-bond acceptors (Lipinski definition) is 6. The van der Waals surface area contributed by atoms with Gasteiger partial charge < -0.3 is 9.47 Å². The summed E-state index contributed by atoms with van der Waals surface area (Å²) < 4.78 is 10.7. The van der Waals surface area contributed by atoms with Gasteiger partial charge in [0.25, 0.3) is 0 Å². The lowest BCUT2D eigenvalue weighted by Crippen LogP contribution is -2.10. The van der Waals surface area contributed by atoms with Crippen molar-refractivity contribution in [1.82, 2.24) is 0 Å². The third-order valence-corrected chi connectivity index (χ3v) is 5.62. The summed E-state index contributed by atoms with van der Waals surface area (Å²) in [5.74, 6) is 0.682.